The van der Waals surface area contributed by atoms with Crippen LogP contribution in [0.1, 0.15) is 21.5 Å². The molecule has 1 N–H and O–H groups in total. The maximum atomic E-state index is 12.1. The van der Waals surface area contributed by atoms with E-state index in [1.54, 1.807) is 30.3 Å². The normalized spacial score (nSPS) is 14.7. The molecule has 0 heterocycles. The van der Waals surface area contributed by atoms with Gasteiger partial charge in [-0.05, 0) is 11.6 Å². The molecule has 0 spiro atoms. The molecule has 0 saturated heterocycles. The molecular formula is C18H12O3. The summed E-state index contributed by atoms with van der Waals surface area (Å²) in [6.07, 6.45) is 3.19. The van der Waals surface area contributed by atoms with Gasteiger partial charge in [0.15, 0.2) is 0 Å². The van der Waals surface area contributed by atoms with Crippen LogP contribution >= 0.6 is 0 Å². The fourth-order valence-corrected chi connectivity index (χ4v) is 2.28. The molecule has 1 aliphatic carbocycles. The number of allylic oxidation sites excluding steroid dienone is 2. The first-order valence-electron chi connectivity index (χ1n) is 6.53. The van der Waals surface area contributed by atoms with E-state index in [1.807, 2.05) is 30.3 Å². The van der Waals surface area contributed by atoms with E-state index < -0.39 is 11.6 Å². The smallest absolute Gasteiger partial charge is 0.237 e. The zero-order chi connectivity index (χ0) is 14.8. The average molecular weight is 276 g/mol. The second-order valence-electron chi connectivity index (χ2n) is 4.71. The van der Waals surface area contributed by atoms with Gasteiger partial charge in [-0.15, -0.1) is 0 Å². The fraction of sp³-hybridized carbons (Fsp3) is 0. The molecule has 0 bridgehead atoms. The number of fused-ring (bicyclic) bond motifs is 1. The van der Waals surface area contributed by atoms with Crippen LogP contribution in [0.4, 0.5) is 0 Å². The molecule has 0 unspecified atom stereocenters. The van der Waals surface area contributed by atoms with E-state index in [-0.39, 0.29) is 16.9 Å². The topological polar surface area (TPSA) is 54.4 Å². The Bertz CT molecular complexity index is 783. The van der Waals surface area contributed by atoms with Crippen molar-refractivity contribution in [2.75, 3.05) is 0 Å². The predicted molar refractivity (Wildman–Crippen MR) is 80.8 cm³/mol. The van der Waals surface area contributed by atoms with Crippen molar-refractivity contribution in [3.63, 3.8) is 0 Å². The molecule has 102 valence electrons. The molecule has 3 heteroatoms. The molecular weight excluding hydrogens is 264 g/mol. The van der Waals surface area contributed by atoms with Crippen LogP contribution in [0.15, 0.2) is 66.2 Å². The molecule has 21 heavy (non-hydrogen) atoms. The summed E-state index contributed by atoms with van der Waals surface area (Å²) in [4.78, 5) is 24.2. The number of rotatable bonds is 2. The Kier molecular flexibility index (Phi) is 3.24. The Morgan fingerprint density at radius 1 is 0.714 bits per heavy atom. The van der Waals surface area contributed by atoms with Gasteiger partial charge in [0, 0.05) is 11.1 Å². The monoisotopic (exact) mass is 276 g/mol. The Labute approximate surface area is 121 Å². The molecule has 0 aromatic heterocycles. The lowest BCUT2D eigenvalue weighted by Gasteiger charge is -2.15. The lowest BCUT2D eigenvalue weighted by Crippen LogP contribution is -2.23. The van der Waals surface area contributed by atoms with Crippen LogP contribution in [-0.2, 0) is 4.79 Å². The zero-order valence-corrected chi connectivity index (χ0v) is 11.1. The Morgan fingerprint density at radius 3 is 2.05 bits per heavy atom. The second-order valence-corrected chi connectivity index (χ2v) is 4.71. The summed E-state index contributed by atoms with van der Waals surface area (Å²) >= 11 is 0. The van der Waals surface area contributed by atoms with E-state index in [2.05, 4.69) is 0 Å². The number of hydrogen-bond donors (Lipinski definition) is 1. The van der Waals surface area contributed by atoms with Crippen molar-refractivity contribution < 1.29 is 14.7 Å². The highest BCUT2D eigenvalue weighted by atomic mass is 16.3. The van der Waals surface area contributed by atoms with Gasteiger partial charge in [0.2, 0.25) is 11.6 Å². The summed E-state index contributed by atoms with van der Waals surface area (Å²) in [6, 6.07) is 15.9. The quantitative estimate of drug-likeness (QED) is 0.855. The number of Topliss-reactive ketones (excluding diaryl/α,β-unsaturated/α-hetero) is 2. The minimum atomic E-state index is -0.682. The predicted octanol–water partition coefficient (Wildman–Crippen LogP) is 3.43. The third-order valence-electron chi connectivity index (χ3n) is 3.37. The fourth-order valence-electron chi connectivity index (χ4n) is 2.28. The van der Waals surface area contributed by atoms with Gasteiger partial charge >= 0.3 is 0 Å². The first kappa shape index (κ1) is 13.1. The Morgan fingerprint density at radius 2 is 1.33 bits per heavy atom. The molecule has 2 aromatic carbocycles. The highest BCUT2D eigenvalue weighted by molar-refractivity contribution is 6.52. The highest BCUT2D eigenvalue weighted by Gasteiger charge is 2.30. The lowest BCUT2D eigenvalue weighted by atomic mass is 9.88. The molecule has 3 nitrogen and oxygen atoms in total. The van der Waals surface area contributed by atoms with E-state index >= 15 is 0 Å². The molecule has 0 amide bonds. The van der Waals surface area contributed by atoms with Crippen molar-refractivity contribution >= 4 is 23.4 Å². The van der Waals surface area contributed by atoms with Gasteiger partial charge in [0.05, 0.1) is 5.57 Å². The van der Waals surface area contributed by atoms with Crippen molar-refractivity contribution in [2.24, 2.45) is 0 Å². The van der Waals surface area contributed by atoms with Gasteiger partial charge in [-0.25, -0.2) is 0 Å². The summed E-state index contributed by atoms with van der Waals surface area (Å²) in [5, 5.41) is 10.2. The summed E-state index contributed by atoms with van der Waals surface area (Å²) in [6.45, 7) is 0. The molecule has 2 aromatic rings. The Hall–Kier alpha value is -2.94. The number of aliphatic hydroxyl groups excluding tert-OH is 1. The average Bonchev–Trinajstić information content (AvgIpc) is 2.54. The minimum absolute atomic E-state index is 0.0301. The van der Waals surface area contributed by atoms with Crippen molar-refractivity contribution in [3.8, 4) is 0 Å². The number of aliphatic hydroxyl groups is 1. The van der Waals surface area contributed by atoms with Gasteiger partial charge in [0.1, 0.15) is 5.76 Å². The van der Waals surface area contributed by atoms with Gasteiger partial charge < -0.3 is 5.11 Å². The third kappa shape index (κ3) is 2.30. The van der Waals surface area contributed by atoms with E-state index in [9.17, 15) is 14.7 Å². The zero-order valence-electron chi connectivity index (χ0n) is 11.1. The first-order valence-corrected chi connectivity index (χ1v) is 6.53. The molecule has 0 atom stereocenters. The third-order valence-corrected chi connectivity index (χ3v) is 3.37. The number of carbonyl (C=O) groups is 2. The van der Waals surface area contributed by atoms with Crippen molar-refractivity contribution in [1.82, 2.24) is 0 Å². The number of ketones is 2. The summed E-state index contributed by atoms with van der Waals surface area (Å²) in [5.41, 5.74) is 1.56. The maximum absolute atomic E-state index is 12.1. The molecule has 3 rings (SSSR count). The van der Waals surface area contributed by atoms with Crippen LogP contribution in [0.3, 0.4) is 0 Å². The standard InChI is InChI=1S/C18H12O3/c19-16-13-8-4-5-9-14(13)17(20)18(21)15(16)11-10-12-6-2-1-3-7-12/h1-11,19H/b11-10+. The van der Waals surface area contributed by atoms with Crippen LogP contribution in [-0.4, -0.2) is 16.7 Å². The largest absolute Gasteiger partial charge is 0.507 e. The number of benzene rings is 2. The molecule has 0 saturated carbocycles. The molecule has 0 aliphatic heterocycles. The molecule has 0 fully saturated rings. The SMILES string of the molecule is O=C1C(=O)c2ccccc2C(O)=C1/C=C/c1ccccc1. The van der Waals surface area contributed by atoms with Crippen LogP contribution in [0.2, 0.25) is 0 Å². The van der Waals surface area contributed by atoms with Crippen LogP contribution in [0, 0.1) is 0 Å². The highest BCUT2D eigenvalue weighted by Crippen LogP contribution is 2.28. The van der Waals surface area contributed by atoms with E-state index in [0.29, 0.717) is 5.56 Å². The Balaban J connectivity index is 2.07. The van der Waals surface area contributed by atoms with Gasteiger partial charge in [0.25, 0.3) is 0 Å². The molecule has 1 aliphatic rings. The second kappa shape index (κ2) is 5.21. The van der Waals surface area contributed by atoms with Crippen molar-refractivity contribution in [1.29, 1.82) is 0 Å². The van der Waals surface area contributed by atoms with Crippen LogP contribution < -0.4 is 0 Å². The number of hydrogen-bond acceptors (Lipinski definition) is 3. The van der Waals surface area contributed by atoms with E-state index in [4.69, 9.17) is 0 Å². The van der Waals surface area contributed by atoms with Gasteiger partial charge in [-0.1, -0.05) is 60.7 Å². The van der Waals surface area contributed by atoms with E-state index in [1.165, 1.54) is 6.08 Å². The van der Waals surface area contributed by atoms with Crippen LogP contribution in [0.25, 0.3) is 11.8 Å². The van der Waals surface area contributed by atoms with Gasteiger partial charge in [-0.3, -0.25) is 9.59 Å². The van der Waals surface area contributed by atoms with E-state index in [0.717, 1.165) is 5.56 Å². The lowest BCUT2D eigenvalue weighted by molar-refractivity contribution is -0.111. The summed E-state index contributed by atoms with van der Waals surface area (Å²) in [5.74, 6) is -1.42. The van der Waals surface area contributed by atoms with Crippen molar-refractivity contribution in [3.05, 3.63) is 82.9 Å². The maximum Gasteiger partial charge on any atom is 0.237 e. The summed E-state index contributed by atoms with van der Waals surface area (Å²) < 4.78 is 0. The molecule has 0 radical (unpaired) electrons. The summed E-state index contributed by atoms with van der Waals surface area (Å²) in [7, 11) is 0. The van der Waals surface area contributed by atoms with Gasteiger partial charge in [-0.2, -0.15) is 0 Å². The first-order chi connectivity index (χ1) is 10.2. The van der Waals surface area contributed by atoms with Crippen molar-refractivity contribution in [2.45, 2.75) is 0 Å². The minimum Gasteiger partial charge on any atom is -0.507 e. The van der Waals surface area contributed by atoms with Crippen LogP contribution in [0.5, 0.6) is 0 Å². The number of carbonyl (C=O) groups excluding carboxylic acids is 2.